The van der Waals surface area contributed by atoms with Gasteiger partial charge in [0.25, 0.3) is 0 Å². The molecule has 42 valence electrons. The number of nitrogens with zero attached hydrogens (tertiary/aromatic N) is 3. The van der Waals surface area contributed by atoms with Gasteiger partial charge < -0.3 is 0 Å². The molecule has 0 aromatic carbocycles. The summed E-state index contributed by atoms with van der Waals surface area (Å²) in [6.07, 6.45) is 0. The average molecular weight is 128 g/mol. The van der Waals surface area contributed by atoms with Gasteiger partial charge in [-0.1, -0.05) is 6.58 Å². The lowest BCUT2D eigenvalue weighted by molar-refractivity contribution is 0.881. The predicted molar refractivity (Wildman–Crippen MR) is 32.2 cm³/mol. The Morgan fingerprint density at radius 3 is 2.75 bits per heavy atom. The molecule has 0 radical (unpaired) electrons. The number of tetrazole rings is 1. The third-order valence-electron chi connectivity index (χ3n) is 0.603. The van der Waals surface area contributed by atoms with E-state index in [0.717, 1.165) is 0 Å². The van der Waals surface area contributed by atoms with Crippen molar-refractivity contribution in [2.75, 3.05) is 0 Å². The van der Waals surface area contributed by atoms with Crippen molar-refractivity contribution in [3.05, 3.63) is 12.4 Å². The maximum atomic E-state index is 3.87. The summed E-state index contributed by atoms with van der Waals surface area (Å²) in [4.78, 5) is 0.513. The van der Waals surface area contributed by atoms with Crippen molar-refractivity contribution in [3.63, 3.8) is 0 Å². The van der Waals surface area contributed by atoms with Crippen molar-refractivity contribution in [1.29, 1.82) is 0 Å². The summed E-state index contributed by atoms with van der Waals surface area (Å²) < 4.78 is 0. The maximum absolute atomic E-state index is 3.87. The molecule has 0 aliphatic heterocycles. The highest BCUT2D eigenvalue weighted by Gasteiger charge is 1.94. The monoisotopic (exact) mass is 128 g/mol. The first-order valence-corrected chi connectivity index (χ1v) is 2.37. The summed E-state index contributed by atoms with van der Waals surface area (Å²) in [5, 5.41) is 12.8. The number of hydrogen-bond donors (Lipinski definition) is 2. The van der Waals surface area contributed by atoms with Crippen LogP contribution >= 0.6 is 12.6 Å². The summed E-state index contributed by atoms with van der Waals surface area (Å²) in [7, 11) is 0. The molecule has 0 atom stereocenters. The molecule has 0 fully saturated rings. The van der Waals surface area contributed by atoms with Crippen LogP contribution in [0.3, 0.4) is 0 Å². The summed E-state index contributed by atoms with van der Waals surface area (Å²) in [6, 6.07) is 0. The lowest BCUT2D eigenvalue weighted by atomic mass is 10.6. The number of hydrogen-bond acceptors (Lipinski definition) is 4. The van der Waals surface area contributed by atoms with Gasteiger partial charge in [0.15, 0.2) is 0 Å². The van der Waals surface area contributed by atoms with Crippen LogP contribution in [-0.4, -0.2) is 20.6 Å². The van der Waals surface area contributed by atoms with Crippen LogP contribution in [-0.2, 0) is 0 Å². The molecular weight excluding hydrogens is 124 g/mol. The third-order valence-corrected chi connectivity index (χ3v) is 0.803. The number of rotatable bonds is 1. The molecular formula is C3H4N4S. The first-order valence-electron chi connectivity index (χ1n) is 1.92. The van der Waals surface area contributed by atoms with E-state index in [2.05, 4.69) is 39.8 Å². The van der Waals surface area contributed by atoms with E-state index < -0.39 is 0 Å². The molecule has 0 amide bonds. The van der Waals surface area contributed by atoms with Gasteiger partial charge in [0.05, 0.1) is 0 Å². The molecule has 0 aliphatic carbocycles. The lowest BCUT2D eigenvalue weighted by Crippen LogP contribution is -1.76. The van der Waals surface area contributed by atoms with Crippen molar-refractivity contribution < 1.29 is 0 Å². The zero-order valence-electron chi connectivity index (χ0n) is 4.00. The van der Waals surface area contributed by atoms with Crippen LogP contribution in [0.4, 0.5) is 0 Å². The van der Waals surface area contributed by atoms with Crippen molar-refractivity contribution in [1.82, 2.24) is 20.6 Å². The lowest BCUT2D eigenvalue weighted by Gasteiger charge is -1.79. The Morgan fingerprint density at radius 1 is 1.75 bits per heavy atom. The second kappa shape index (κ2) is 1.95. The summed E-state index contributed by atoms with van der Waals surface area (Å²) in [6.45, 7) is 3.48. The van der Waals surface area contributed by atoms with Crippen LogP contribution in [0.2, 0.25) is 0 Å². The van der Waals surface area contributed by atoms with Crippen LogP contribution in [0.15, 0.2) is 6.58 Å². The highest BCUT2D eigenvalue weighted by Crippen LogP contribution is 2.05. The van der Waals surface area contributed by atoms with Gasteiger partial charge in [-0.3, -0.25) is 0 Å². The predicted octanol–water partition coefficient (Wildman–Crippen LogP) is 0.100. The van der Waals surface area contributed by atoms with E-state index >= 15 is 0 Å². The van der Waals surface area contributed by atoms with Crippen molar-refractivity contribution in [2.24, 2.45) is 0 Å². The normalized spacial score (nSPS) is 9.12. The van der Waals surface area contributed by atoms with Crippen LogP contribution in [0.25, 0.3) is 4.91 Å². The van der Waals surface area contributed by atoms with E-state index in [0.29, 0.717) is 10.7 Å². The molecule has 0 aliphatic rings. The standard InChI is InChI=1S/C3H4N4S/c1-2(8)3-4-6-7-5-3/h8H,1H2,(H,4,5,6,7). The van der Waals surface area contributed by atoms with Crippen molar-refractivity contribution >= 4 is 17.5 Å². The van der Waals surface area contributed by atoms with E-state index in [4.69, 9.17) is 0 Å². The van der Waals surface area contributed by atoms with Gasteiger partial charge in [-0.05, 0) is 5.21 Å². The smallest absolute Gasteiger partial charge is 0.177 e. The molecule has 1 aromatic heterocycles. The van der Waals surface area contributed by atoms with Crippen LogP contribution in [0.5, 0.6) is 0 Å². The molecule has 4 nitrogen and oxygen atoms in total. The van der Waals surface area contributed by atoms with Gasteiger partial charge in [-0.2, -0.15) is 5.21 Å². The van der Waals surface area contributed by atoms with Gasteiger partial charge in [0, 0.05) is 4.91 Å². The third kappa shape index (κ3) is 0.865. The number of nitrogens with one attached hydrogen (secondary N) is 1. The zero-order valence-corrected chi connectivity index (χ0v) is 4.89. The SMILES string of the molecule is C=C(S)c1nn[nH]n1. The molecule has 0 unspecified atom stereocenters. The molecule has 5 heteroatoms. The van der Waals surface area contributed by atoms with Crippen molar-refractivity contribution in [3.8, 4) is 0 Å². The molecule has 1 aromatic rings. The Labute approximate surface area is 51.4 Å². The average Bonchev–Trinajstić information content (AvgIpc) is 2.12. The summed E-state index contributed by atoms with van der Waals surface area (Å²) in [5.74, 6) is 0.438. The fourth-order valence-corrected chi connectivity index (χ4v) is 0.379. The molecule has 0 bridgehead atoms. The summed E-state index contributed by atoms with van der Waals surface area (Å²) >= 11 is 3.87. The number of aromatic amines is 1. The fraction of sp³-hybridized carbons (Fsp3) is 0. The second-order valence-corrected chi connectivity index (χ2v) is 1.72. The Bertz CT molecular complexity index is 179. The molecule has 0 saturated carbocycles. The molecule has 8 heavy (non-hydrogen) atoms. The largest absolute Gasteiger partial charge is 0.210 e. The summed E-state index contributed by atoms with van der Waals surface area (Å²) in [5.41, 5.74) is 0. The van der Waals surface area contributed by atoms with Crippen LogP contribution < -0.4 is 0 Å². The maximum Gasteiger partial charge on any atom is 0.210 e. The minimum atomic E-state index is 0.438. The number of aromatic nitrogens is 4. The van der Waals surface area contributed by atoms with Gasteiger partial charge in [0.1, 0.15) is 0 Å². The second-order valence-electron chi connectivity index (χ2n) is 1.18. The Kier molecular flexibility index (Phi) is 1.29. The van der Waals surface area contributed by atoms with Gasteiger partial charge in [-0.25, -0.2) is 0 Å². The fourth-order valence-electron chi connectivity index (χ4n) is 0.284. The van der Waals surface area contributed by atoms with E-state index in [9.17, 15) is 0 Å². The Hall–Kier alpha value is -0.840. The first kappa shape index (κ1) is 5.30. The van der Waals surface area contributed by atoms with Gasteiger partial charge in [-0.15, -0.1) is 22.8 Å². The minimum absolute atomic E-state index is 0.438. The van der Waals surface area contributed by atoms with Crippen LogP contribution in [0, 0.1) is 0 Å². The van der Waals surface area contributed by atoms with E-state index in [1.54, 1.807) is 0 Å². The molecule has 1 heterocycles. The van der Waals surface area contributed by atoms with Gasteiger partial charge >= 0.3 is 0 Å². The quantitative estimate of drug-likeness (QED) is 0.527. The highest BCUT2D eigenvalue weighted by molar-refractivity contribution is 7.90. The van der Waals surface area contributed by atoms with E-state index in [1.165, 1.54) is 0 Å². The highest BCUT2D eigenvalue weighted by atomic mass is 32.1. The molecule has 0 saturated heterocycles. The number of thiol groups is 1. The topological polar surface area (TPSA) is 54.5 Å². The molecule has 0 spiro atoms. The van der Waals surface area contributed by atoms with Crippen molar-refractivity contribution in [2.45, 2.75) is 0 Å². The Balaban J connectivity index is 2.93. The number of H-pyrrole nitrogens is 1. The minimum Gasteiger partial charge on any atom is -0.177 e. The zero-order chi connectivity index (χ0) is 5.98. The van der Waals surface area contributed by atoms with Gasteiger partial charge in [0.2, 0.25) is 5.82 Å². The first-order chi connectivity index (χ1) is 3.80. The molecule has 1 N–H and O–H groups in total. The van der Waals surface area contributed by atoms with E-state index in [-0.39, 0.29) is 0 Å². The Morgan fingerprint density at radius 2 is 2.50 bits per heavy atom. The van der Waals surface area contributed by atoms with E-state index in [1.807, 2.05) is 0 Å². The molecule has 1 rings (SSSR count). The van der Waals surface area contributed by atoms with Crippen LogP contribution in [0.1, 0.15) is 5.82 Å².